The van der Waals surface area contributed by atoms with Crippen LogP contribution in [0.15, 0.2) is 0 Å². The number of nitrogens with one attached hydrogen (secondary N) is 1. The summed E-state index contributed by atoms with van der Waals surface area (Å²) >= 11 is 0. The molecule has 1 aliphatic heterocycles. The van der Waals surface area contributed by atoms with Crippen molar-refractivity contribution in [3.05, 3.63) is 17.0 Å². The third kappa shape index (κ3) is 1.67. The van der Waals surface area contributed by atoms with Gasteiger partial charge in [-0.3, -0.25) is 4.68 Å². The molecule has 3 heteroatoms. The average molecular weight is 219 g/mol. The molecule has 88 valence electrons. The Morgan fingerprint density at radius 1 is 1.19 bits per heavy atom. The molecular weight excluding hydrogens is 198 g/mol. The number of aromatic nitrogens is 2. The number of rotatable bonds is 1. The summed E-state index contributed by atoms with van der Waals surface area (Å²) in [6.45, 7) is 1.16. The fourth-order valence-electron chi connectivity index (χ4n) is 3.17. The zero-order valence-corrected chi connectivity index (χ0v) is 10.1. The Morgan fingerprint density at radius 2 is 2.06 bits per heavy atom. The lowest BCUT2D eigenvalue weighted by Crippen LogP contribution is -2.28. The maximum atomic E-state index is 4.77. The molecule has 1 atom stereocenters. The Balaban J connectivity index is 1.93. The lowest BCUT2D eigenvalue weighted by Gasteiger charge is -2.23. The minimum atomic E-state index is 0.529. The maximum Gasteiger partial charge on any atom is 0.0828 e. The van der Waals surface area contributed by atoms with E-state index in [0.717, 1.165) is 6.54 Å². The van der Waals surface area contributed by atoms with Gasteiger partial charge in [0.15, 0.2) is 0 Å². The molecule has 0 amide bonds. The average Bonchev–Trinajstić information content (AvgIpc) is 2.69. The molecule has 1 saturated heterocycles. The molecule has 3 rings (SSSR count). The maximum absolute atomic E-state index is 4.77. The van der Waals surface area contributed by atoms with Crippen LogP contribution in [0.3, 0.4) is 0 Å². The predicted molar refractivity (Wildman–Crippen MR) is 64.4 cm³/mol. The molecule has 3 nitrogen and oxygen atoms in total. The lowest BCUT2D eigenvalue weighted by molar-refractivity contribution is 0.400. The number of aryl methyl sites for hydroxylation is 1. The summed E-state index contributed by atoms with van der Waals surface area (Å²) in [6.07, 6.45) is 9.10. The Morgan fingerprint density at radius 3 is 2.88 bits per heavy atom. The Kier molecular flexibility index (Phi) is 2.72. The van der Waals surface area contributed by atoms with Gasteiger partial charge in [0.2, 0.25) is 0 Å². The van der Waals surface area contributed by atoms with Crippen LogP contribution in [0.25, 0.3) is 0 Å². The van der Waals surface area contributed by atoms with Crippen LogP contribution in [0.2, 0.25) is 0 Å². The van der Waals surface area contributed by atoms with Crippen molar-refractivity contribution >= 4 is 0 Å². The van der Waals surface area contributed by atoms with E-state index in [0.29, 0.717) is 6.04 Å². The minimum absolute atomic E-state index is 0.529. The summed E-state index contributed by atoms with van der Waals surface area (Å²) in [5.41, 5.74) is 4.42. The molecule has 2 aliphatic rings. The second-order valence-electron chi connectivity index (χ2n) is 5.14. The van der Waals surface area contributed by atoms with Crippen LogP contribution in [-0.4, -0.2) is 16.3 Å². The summed E-state index contributed by atoms with van der Waals surface area (Å²) in [4.78, 5) is 0. The van der Waals surface area contributed by atoms with E-state index < -0.39 is 0 Å². The van der Waals surface area contributed by atoms with Crippen LogP contribution >= 0.6 is 0 Å². The number of hydrogen-bond donors (Lipinski definition) is 1. The smallest absolute Gasteiger partial charge is 0.0828 e. The third-order valence-corrected chi connectivity index (χ3v) is 4.04. The topological polar surface area (TPSA) is 29.9 Å². The summed E-state index contributed by atoms with van der Waals surface area (Å²) in [5, 5.41) is 8.39. The SMILES string of the molecule is Cn1nc([C@@H]2CCCCN2)c2c1CCCC2. The van der Waals surface area contributed by atoms with Crippen LogP contribution in [0.1, 0.15) is 55.1 Å². The minimum Gasteiger partial charge on any atom is -0.309 e. The van der Waals surface area contributed by atoms with E-state index in [-0.39, 0.29) is 0 Å². The van der Waals surface area contributed by atoms with Crippen molar-refractivity contribution in [1.29, 1.82) is 0 Å². The van der Waals surface area contributed by atoms with Gasteiger partial charge in [-0.25, -0.2) is 0 Å². The quantitative estimate of drug-likeness (QED) is 0.784. The molecule has 0 radical (unpaired) electrons. The van der Waals surface area contributed by atoms with Crippen LogP contribution in [0.4, 0.5) is 0 Å². The molecule has 16 heavy (non-hydrogen) atoms. The predicted octanol–water partition coefficient (Wildman–Crippen LogP) is 2.11. The lowest BCUT2D eigenvalue weighted by atomic mass is 9.91. The molecule has 0 spiro atoms. The number of piperidine rings is 1. The first-order chi connectivity index (χ1) is 7.86. The molecule has 2 heterocycles. The Labute approximate surface area is 97.2 Å². The van der Waals surface area contributed by atoms with E-state index in [4.69, 9.17) is 5.10 Å². The number of nitrogens with zero attached hydrogens (tertiary/aromatic N) is 2. The van der Waals surface area contributed by atoms with Crippen molar-refractivity contribution < 1.29 is 0 Å². The van der Waals surface area contributed by atoms with Crippen LogP contribution in [0, 0.1) is 0 Å². The van der Waals surface area contributed by atoms with Crippen molar-refractivity contribution in [3.63, 3.8) is 0 Å². The highest BCUT2D eigenvalue weighted by atomic mass is 15.3. The van der Waals surface area contributed by atoms with Crippen molar-refractivity contribution in [1.82, 2.24) is 15.1 Å². The van der Waals surface area contributed by atoms with Crippen molar-refractivity contribution in [3.8, 4) is 0 Å². The first kappa shape index (κ1) is 10.3. The molecule has 0 aromatic carbocycles. The normalized spacial score (nSPS) is 25.4. The van der Waals surface area contributed by atoms with E-state index in [9.17, 15) is 0 Å². The molecule has 1 aromatic rings. The molecule has 1 fully saturated rings. The zero-order chi connectivity index (χ0) is 11.0. The first-order valence-corrected chi connectivity index (χ1v) is 6.64. The van der Waals surface area contributed by atoms with Crippen molar-refractivity contribution in [2.75, 3.05) is 6.54 Å². The third-order valence-electron chi connectivity index (χ3n) is 4.04. The van der Waals surface area contributed by atoms with Crippen molar-refractivity contribution in [2.45, 2.75) is 51.0 Å². The summed E-state index contributed by atoms with van der Waals surface area (Å²) in [7, 11) is 2.11. The van der Waals surface area contributed by atoms with E-state index in [1.165, 1.54) is 56.3 Å². The summed E-state index contributed by atoms with van der Waals surface area (Å²) in [6, 6.07) is 0.529. The van der Waals surface area contributed by atoms with Gasteiger partial charge < -0.3 is 5.32 Å². The molecule has 1 aliphatic carbocycles. The van der Waals surface area contributed by atoms with Gasteiger partial charge >= 0.3 is 0 Å². The van der Waals surface area contributed by atoms with Gasteiger partial charge in [0, 0.05) is 12.7 Å². The van der Waals surface area contributed by atoms with E-state index in [1.54, 1.807) is 5.56 Å². The molecule has 1 N–H and O–H groups in total. The molecular formula is C13H21N3. The van der Waals surface area contributed by atoms with E-state index in [1.807, 2.05) is 0 Å². The standard InChI is InChI=1S/C13H21N3/c1-16-12-8-3-2-6-10(12)13(15-16)11-7-4-5-9-14-11/h11,14H,2-9H2,1H3/t11-/m0/s1. The van der Waals surface area contributed by atoms with Gasteiger partial charge in [-0.1, -0.05) is 6.42 Å². The fourth-order valence-corrected chi connectivity index (χ4v) is 3.17. The Hall–Kier alpha value is -0.830. The second-order valence-corrected chi connectivity index (χ2v) is 5.14. The monoisotopic (exact) mass is 219 g/mol. The summed E-state index contributed by atoms with van der Waals surface area (Å²) < 4.78 is 2.13. The highest BCUT2D eigenvalue weighted by Gasteiger charge is 2.25. The van der Waals surface area contributed by atoms with Gasteiger partial charge in [-0.15, -0.1) is 0 Å². The van der Waals surface area contributed by atoms with Crippen LogP contribution < -0.4 is 5.32 Å². The van der Waals surface area contributed by atoms with Crippen molar-refractivity contribution in [2.24, 2.45) is 7.05 Å². The van der Waals surface area contributed by atoms with E-state index >= 15 is 0 Å². The van der Waals surface area contributed by atoms with Crippen LogP contribution in [-0.2, 0) is 19.9 Å². The van der Waals surface area contributed by atoms with Gasteiger partial charge in [0.05, 0.1) is 11.7 Å². The highest BCUT2D eigenvalue weighted by molar-refractivity contribution is 5.31. The van der Waals surface area contributed by atoms with Gasteiger partial charge in [-0.2, -0.15) is 5.10 Å². The van der Waals surface area contributed by atoms with Crippen LogP contribution in [0.5, 0.6) is 0 Å². The van der Waals surface area contributed by atoms with E-state index in [2.05, 4.69) is 17.0 Å². The fraction of sp³-hybridized carbons (Fsp3) is 0.769. The Bertz CT molecular complexity index is 375. The molecule has 0 saturated carbocycles. The largest absolute Gasteiger partial charge is 0.309 e. The number of hydrogen-bond acceptors (Lipinski definition) is 2. The molecule has 0 unspecified atom stereocenters. The zero-order valence-electron chi connectivity index (χ0n) is 10.1. The molecule has 1 aromatic heterocycles. The summed E-state index contributed by atoms with van der Waals surface area (Å²) in [5.74, 6) is 0. The molecule has 0 bridgehead atoms. The van der Waals surface area contributed by atoms with Gasteiger partial charge in [0.1, 0.15) is 0 Å². The highest BCUT2D eigenvalue weighted by Crippen LogP contribution is 2.30. The first-order valence-electron chi connectivity index (χ1n) is 6.64. The van der Waals surface area contributed by atoms with Gasteiger partial charge in [-0.05, 0) is 50.6 Å². The number of fused-ring (bicyclic) bond motifs is 1. The van der Waals surface area contributed by atoms with Gasteiger partial charge in [0.25, 0.3) is 0 Å². The second kappa shape index (κ2) is 4.21.